The van der Waals surface area contributed by atoms with Gasteiger partial charge in [0, 0.05) is 17.1 Å². The van der Waals surface area contributed by atoms with Gasteiger partial charge in [0.1, 0.15) is 0 Å². The molecule has 0 saturated heterocycles. The highest BCUT2D eigenvalue weighted by molar-refractivity contribution is 7.10. The first kappa shape index (κ1) is 19.1. The first-order valence-electron chi connectivity index (χ1n) is 7.94. The Morgan fingerprint density at radius 1 is 1.21 bits per heavy atom. The largest absolute Gasteiger partial charge is 0.322 e. The molecule has 3 nitrogen and oxygen atoms in total. The molecule has 1 aromatic carbocycles. The van der Waals surface area contributed by atoms with Crippen molar-refractivity contribution in [2.45, 2.75) is 33.2 Å². The number of thiophene rings is 1. The second kappa shape index (κ2) is 8.75. The predicted molar refractivity (Wildman–Crippen MR) is 104 cm³/mol. The minimum atomic E-state index is -0.130. The van der Waals surface area contributed by atoms with Gasteiger partial charge < -0.3 is 10.2 Å². The minimum Gasteiger partial charge on any atom is -0.317 e. The molecular formula is C18H22Cl2N2OS. The molecule has 2 rings (SSSR count). The second-order valence-electron chi connectivity index (χ2n) is 6.13. The van der Waals surface area contributed by atoms with E-state index >= 15 is 0 Å². The van der Waals surface area contributed by atoms with Crippen molar-refractivity contribution in [3.63, 3.8) is 0 Å². The van der Waals surface area contributed by atoms with Gasteiger partial charge >= 0.3 is 6.03 Å². The van der Waals surface area contributed by atoms with Crippen LogP contribution in [0, 0.1) is 5.92 Å². The van der Waals surface area contributed by atoms with Crippen molar-refractivity contribution in [3.8, 4) is 0 Å². The van der Waals surface area contributed by atoms with Crippen molar-refractivity contribution < 1.29 is 4.79 Å². The minimum absolute atomic E-state index is 0.0199. The Labute approximate surface area is 157 Å². The molecular weight excluding hydrogens is 363 g/mol. The third kappa shape index (κ3) is 5.13. The number of halogens is 2. The van der Waals surface area contributed by atoms with Crippen LogP contribution in [0.5, 0.6) is 0 Å². The van der Waals surface area contributed by atoms with Gasteiger partial charge in [-0.3, -0.25) is 0 Å². The number of nitrogens with one attached hydrogen (secondary N) is 1. The third-order valence-electron chi connectivity index (χ3n) is 3.80. The zero-order valence-corrected chi connectivity index (χ0v) is 16.4. The van der Waals surface area contributed by atoms with Crippen LogP contribution in [0.3, 0.4) is 0 Å². The lowest BCUT2D eigenvalue weighted by molar-refractivity contribution is 0.190. The molecule has 1 aromatic heterocycles. The van der Waals surface area contributed by atoms with Crippen LogP contribution in [0.4, 0.5) is 10.5 Å². The molecule has 0 spiro atoms. The van der Waals surface area contributed by atoms with E-state index in [-0.39, 0.29) is 12.1 Å². The van der Waals surface area contributed by atoms with Gasteiger partial charge in [-0.05, 0) is 48.9 Å². The SMILES string of the molecule is CC(C)CCN(C(=O)Nc1ccc(Cl)c(Cl)c1)[C@H](C)c1cccs1. The Morgan fingerprint density at radius 2 is 1.96 bits per heavy atom. The number of hydrogen-bond acceptors (Lipinski definition) is 2. The Hall–Kier alpha value is -1.23. The van der Waals surface area contributed by atoms with Gasteiger partial charge in [0.25, 0.3) is 0 Å². The summed E-state index contributed by atoms with van der Waals surface area (Å²) in [4.78, 5) is 15.8. The summed E-state index contributed by atoms with van der Waals surface area (Å²) >= 11 is 13.6. The number of rotatable bonds is 6. The van der Waals surface area contributed by atoms with Crippen LogP contribution in [-0.4, -0.2) is 17.5 Å². The molecule has 130 valence electrons. The Bertz CT molecular complexity index is 674. The van der Waals surface area contributed by atoms with Gasteiger partial charge in [0.15, 0.2) is 0 Å². The normalized spacial score (nSPS) is 12.2. The molecule has 0 aliphatic carbocycles. The Kier molecular flexibility index (Phi) is 6.96. The number of amides is 2. The standard InChI is InChI=1S/C18H22Cl2N2OS/c1-12(2)8-9-22(13(3)17-5-4-10-24-17)18(23)21-14-6-7-15(19)16(20)11-14/h4-7,10-13H,8-9H2,1-3H3,(H,21,23)/t13-/m1/s1. The van der Waals surface area contributed by atoms with Crippen LogP contribution in [0.2, 0.25) is 10.0 Å². The highest BCUT2D eigenvalue weighted by atomic mass is 35.5. The Morgan fingerprint density at radius 3 is 2.54 bits per heavy atom. The molecule has 0 bridgehead atoms. The van der Waals surface area contributed by atoms with E-state index in [2.05, 4.69) is 32.2 Å². The van der Waals surface area contributed by atoms with Crippen molar-refractivity contribution >= 4 is 46.3 Å². The summed E-state index contributed by atoms with van der Waals surface area (Å²) in [6, 6.07) is 9.06. The van der Waals surface area contributed by atoms with E-state index in [1.807, 2.05) is 16.3 Å². The topological polar surface area (TPSA) is 32.3 Å². The molecule has 1 heterocycles. The number of urea groups is 1. The van der Waals surface area contributed by atoms with E-state index in [9.17, 15) is 4.79 Å². The summed E-state index contributed by atoms with van der Waals surface area (Å²) in [7, 11) is 0. The number of carbonyl (C=O) groups excluding carboxylic acids is 1. The highest BCUT2D eigenvalue weighted by Gasteiger charge is 2.22. The monoisotopic (exact) mass is 384 g/mol. The summed E-state index contributed by atoms with van der Waals surface area (Å²) in [6.45, 7) is 7.07. The molecule has 2 amide bonds. The summed E-state index contributed by atoms with van der Waals surface area (Å²) in [5, 5.41) is 5.85. The molecule has 2 aromatic rings. The predicted octanol–water partition coefficient (Wildman–Crippen LogP) is 6.70. The van der Waals surface area contributed by atoms with Crippen molar-refractivity contribution in [3.05, 3.63) is 50.6 Å². The maximum atomic E-state index is 12.8. The van der Waals surface area contributed by atoms with E-state index in [0.29, 0.717) is 28.2 Å². The zero-order chi connectivity index (χ0) is 17.7. The van der Waals surface area contributed by atoms with Crippen LogP contribution < -0.4 is 5.32 Å². The maximum Gasteiger partial charge on any atom is 0.322 e. The first-order chi connectivity index (χ1) is 11.4. The van der Waals surface area contributed by atoms with Gasteiger partial charge in [-0.25, -0.2) is 4.79 Å². The third-order valence-corrected chi connectivity index (χ3v) is 5.58. The molecule has 24 heavy (non-hydrogen) atoms. The first-order valence-corrected chi connectivity index (χ1v) is 9.58. The van der Waals surface area contributed by atoms with Gasteiger partial charge in [-0.2, -0.15) is 0 Å². The zero-order valence-electron chi connectivity index (χ0n) is 14.1. The molecule has 0 saturated carbocycles. The van der Waals surface area contributed by atoms with Crippen LogP contribution in [-0.2, 0) is 0 Å². The fourth-order valence-electron chi connectivity index (χ4n) is 2.32. The van der Waals surface area contributed by atoms with Crippen molar-refractivity contribution in [1.82, 2.24) is 4.90 Å². The molecule has 1 N–H and O–H groups in total. The van der Waals surface area contributed by atoms with Gasteiger partial charge in [0.2, 0.25) is 0 Å². The summed E-state index contributed by atoms with van der Waals surface area (Å²) in [5.41, 5.74) is 0.641. The number of carbonyl (C=O) groups is 1. The quantitative estimate of drug-likeness (QED) is 0.590. The van der Waals surface area contributed by atoms with Crippen LogP contribution in [0.1, 0.15) is 38.1 Å². The number of nitrogens with zero attached hydrogens (tertiary/aromatic N) is 1. The Balaban J connectivity index is 2.15. The average Bonchev–Trinajstić information content (AvgIpc) is 3.05. The van der Waals surface area contributed by atoms with E-state index in [1.54, 1.807) is 29.5 Å². The van der Waals surface area contributed by atoms with Crippen molar-refractivity contribution in [1.29, 1.82) is 0 Å². The van der Waals surface area contributed by atoms with Crippen LogP contribution in [0.15, 0.2) is 35.7 Å². The lowest BCUT2D eigenvalue weighted by atomic mass is 10.1. The summed E-state index contributed by atoms with van der Waals surface area (Å²) in [6.07, 6.45) is 0.949. The number of hydrogen-bond donors (Lipinski definition) is 1. The smallest absolute Gasteiger partial charge is 0.317 e. The van der Waals surface area contributed by atoms with E-state index in [1.165, 1.54) is 4.88 Å². The fraction of sp³-hybridized carbons (Fsp3) is 0.389. The summed E-state index contributed by atoms with van der Waals surface area (Å²) < 4.78 is 0. The van der Waals surface area contributed by atoms with Gasteiger partial charge in [0.05, 0.1) is 16.1 Å². The average molecular weight is 385 g/mol. The lowest BCUT2D eigenvalue weighted by Gasteiger charge is -2.29. The second-order valence-corrected chi connectivity index (χ2v) is 7.92. The van der Waals surface area contributed by atoms with Gasteiger partial charge in [-0.1, -0.05) is 43.1 Å². The van der Waals surface area contributed by atoms with E-state index < -0.39 is 0 Å². The van der Waals surface area contributed by atoms with E-state index in [4.69, 9.17) is 23.2 Å². The molecule has 0 aliphatic rings. The highest BCUT2D eigenvalue weighted by Crippen LogP contribution is 2.28. The molecule has 0 unspecified atom stereocenters. The number of anilines is 1. The molecule has 0 radical (unpaired) electrons. The molecule has 0 fully saturated rings. The molecule has 0 aliphatic heterocycles. The fourth-order valence-corrected chi connectivity index (χ4v) is 3.41. The summed E-state index contributed by atoms with van der Waals surface area (Å²) in [5.74, 6) is 0.529. The van der Waals surface area contributed by atoms with Crippen molar-refractivity contribution in [2.75, 3.05) is 11.9 Å². The maximum absolute atomic E-state index is 12.8. The van der Waals surface area contributed by atoms with Gasteiger partial charge in [-0.15, -0.1) is 11.3 Å². The molecule has 1 atom stereocenters. The molecule has 6 heteroatoms. The van der Waals surface area contributed by atoms with Crippen LogP contribution >= 0.6 is 34.5 Å². The number of benzene rings is 1. The van der Waals surface area contributed by atoms with Crippen molar-refractivity contribution in [2.24, 2.45) is 5.92 Å². The van der Waals surface area contributed by atoms with E-state index in [0.717, 1.165) is 6.42 Å². The van der Waals surface area contributed by atoms with Crippen LogP contribution in [0.25, 0.3) is 0 Å². The lowest BCUT2D eigenvalue weighted by Crippen LogP contribution is -2.38.